The van der Waals surface area contributed by atoms with Crippen LogP contribution in [-0.2, 0) is 10.8 Å². The number of hydrogen-bond acceptors (Lipinski definition) is 4. The van der Waals surface area contributed by atoms with E-state index in [0.717, 1.165) is 21.8 Å². The molecule has 0 bridgehead atoms. The number of rotatable bonds is 4. The van der Waals surface area contributed by atoms with Crippen molar-refractivity contribution in [1.82, 2.24) is 4.57 Å². The molecule has 0 unspecified atom stereocenters. The normalized spacial score (nSPS) is 12.2. The SMILES string of the molecule is CC(C)(C)c1ccc2c(c1)c1cc(C(C)(C)C)ccc1n2-c1ccc(C=O)c(O)c1OC(=O)c1ccccc1. The lowest BCUT2D eigenvalue weighted by molar-refractivity contribution is 0.0728. The first-order valence-corrected chi connectivity index (χ1v) is 13.1. The fourth-order valence-electron chi connectivity index (χ4n) is 4.89. The monoisotopic (exact) mass is 519 g/mol. The summed E-state index contributed by atoms with van der Waals surface area (Å²) in [7, 11) is 0. The van der Waals surface area contributed by atoms with Crippen molar-refractivity contribution in [2.75, 3.05) is 0 Å². The number of nitrogens with zero attached hydrogens (tertiary/aromatic N) is 1. The minimum atomic E-state index is -0.624. The number of benzene rings is 4. The molecule has 0 aliphatic rings. The highest BCUT2D eigenvalue weighted by atomic mass is 16.5. The number of phenolic OH excluding ortho intramolecular Hbond substituents is 1. The summed E-state index contributed by atoms with van der Waals surface area (Å²) in [6, 6.07) is 24.6. The summed E-state index contributed by atoms with van der Waals surface area (Å²) >= 11 is 0. The molecule has 0 spiro atoms. The first-order valence-electron chi connectivity index (χ1n) is 13.1. The van der Waals surface area contributed by atoms with E-state index in [1.807, 2.05) is 10.6 Å². The fourth-order valence-corrected chi connectivity index (χ4v) is 4.89. The molecule has 0 saturated carbocycles. The summed E-state index contributed by atoms with van der Waals surface area (Å²) in [5, 5.41) is 13.2. The van der Waals surface area contributed by atoms with Crippen molar-refractivity contribution >= 4 is 34.1 Å². The number of aldehydes is 1. The topological polar surface area (TPSA) is 68.5 Å². The number of carbonyl (C=O) groups excluding carboxylic acids is 2. The summed E-state index contributed by atoms with van der Waals surface area (Å²) in [6.45, 7) is 13.1. The van der Waals surface area contributed by atoms with Crippen LogP contribution in [-0.4, -0.2) is 21.9 Å². The molecule has 1 aromatic heterocycles. The van der Waals surface area contributed by atoms with Gasteiger partial charge in [-0.3, -0.25) is 4.79 Å². The van der Waals surface area contributed by atoms with Gasteiger partial charge in [0.15, 0.2) is 17.8 Å². The Labute approximate surface area is 228 Å². The van der Waals surface area contributed by atoms with Gasteiger partial charge in [0.1, 0.15) is 0 Å². The van der Waals surface area contributed by atoms with Gasteiger partial charge in [0, 0.05) is 10.8 Å². The summed E-state index contributed by atoms with van der Waals surface area (Å²) in [4.78, 5) is 24.8. The minimum absolute atomic E-state index is 0.0421. The van der Waals surface area contributed by atoms with E-state index in [-0.39, 0.29) is 27.9 Å². The second kappa shape index (κ2) is 9.42. The Balaban J connectivity index is 1.83. The Morgan fingerprint density at radius 3 is 1.79 bits per heavy atom. The van der Waals surface area contributed by atoms with E-state index in [0.29, 0.717) is 17.5 Å². The summed E-state index contributed by atoms with van der Waals surface area (Å²) < 4.78 is 7.81. The highest BCUT2D eigenvalue weighted by molar-refractivity contribution is 6.10. The van der Waals surface area contributed by atoms with Crippen LogP contribution >= 0.6 is 0 Å². The smallest absolute Gasteiger partial charge is 0.343 e. The molecule has 5 aromatic rings. The largest absolute Gasteiger partial charge is 0.504 e. The van der Waals surface area contributed by atoms with Crippen LogP contribution in [0, 0.1) is 0 Å². The van der Waals surface area contributed by atoms with Crippen LogP contribution in [0.25, 0.3) is 27.5 Å². The van der Waals surface area contributed by atoms with Crippen LogP contribution in [0.1, 0.15) is 73.4 Å². The van der Waals surface area contributed by atoms with Crippen molar-refractivity contribution in [3.05, 3.63) is 101 Å². The quantitative estimate of drug-likeness (QED) is 0.148. The number of esters is 1. The Kier molecular flexibility index (Phi) is 6.34. The molecule has 0 aliphatic heterocycles. The fraction of sp³-hybridized carbons (Fsp3) is 0.235. The van der Waals surface area contributed by atoms with Crippen molar-refractivity contribution in [1.29, 1.82) is 0 Å². The second-order valence-corrected chi connectivity index (χ2v) is 12.0. The average molecular weight is 520 g/mol. The molecule has 0 saturated heterocycles. The van der Waals surface area contributed by atoms with Gasteiger partial charge in [0.25, 0.3) is 0 Å². The lowest BCUT2D eigenvalue weighted by atomic mass is 9.85. The third-order valence-electron chi connectivity index (χ3n) is 7.21. The number of aromatic nitrogens is 1. The zero-order chi connectivity index (χ0) is 28.1. The van der Waals surface area contributed by atoms with Crippen molar-refractivity contribution in [3.8, 4) is 17.2 Å². The number of ether oxygens (including phenoxy) is 1. The molecule has 0 atom stereocenters. The van der Waals surface area contributed by atoms with Crippen LogP contribution in [0.2, 0.25) is 0 Å². The molecule has 5 nitrogen and oxygen atoms in total. The maximum Gasteiger partial charge on any atom is 0.343 e. The van der Waals surface area contributed by atoms with Gasteiger partial charge in [-0.1, -0.05) is 71.9 Å². The molecule has 0 amide bonds. The first-order chi connectivity index (χ1) is 18.4. The van der Waals surface area contributed by atoms with Crippen molar-refractivity contribution in [3.63, 3.8) is 0 Å². The molecule has 4 aromatic carbocycles. The Morgan fingerprint density at radius 1 is 0.769 bits per heavy atom. The number of phenols is 1. The molecule has 0 aliphatic carbocycles. The molecule has 0 fully saturated rings. The maximum absolute atomic E-state index is 13.1. The number of aromatic hydroxyl groups is 1. The molecular weight excluding hydrogens is 486 g/mol. The predicted molar refractivity (Wildman–Crippen MR) is 157 cm³/mol. The molecular formula is C34H33NO4. The van der Waals surface area contributed by atoms with E-state index < -0.39 is 5.97 Å². The van der Waals surface area contributed by atoms with Gasteiger partial charge in [-0.25, -0.2) is 4.79 Å². The van der Waals surface area contributed by atoms with E-state index in [9.17, 15) is 14.7 Å². The number of hydrogen-bond donors (Lipinski definition) is 1. The van der Waals surface area contributed by atoms with Gasteiger partial charge in [-0.2, -0.15) is 0 Å². The van der Waals surface area contributed by atoms with E-state index in [1.54, 1.807) is 36.4 Å². The number of carbonyl (C=O) groups is 2. The van der Waals surface area contributed by atoms with Crippen LogP contribution < -0.4 is 4.74 Å². The van der Waals surface area contributed by atoms with Gasteiger partial charge in [0.05, 0.1) is 27.8 Å². The van der Waals surface area contributed by atoms with Crippen molar-refractivity contribution in [2.45, 2.75) is 52.4 Å². The van der Waals surface area contributed by atoms with Crippen LogP contribution in [0.4, 0.5) is 0 Å². The Morgan fingerprint density at radius 2 is 1.31 bits per heavy atom. The second-order valence-electron chi connectivity index (χ2n) is 12.0. The van der Waals surface area contributed by atoms with Crippen molar-refractivity contribution < 1.29 is 19.4 Å². The Bertz CT molecular complexity index is 1660. The maximum atomic E-state index is 13.1. The van der Waals surface area contributed by atoms with E-state index in [1.165, 1.54) is 11.1 Å². The summed E-state index contributed by atoms with van der Waals surface area (Å²) in [5.41, 5.74) is 4.95. The predicted octanol–water partition coefficient (Wildman–Crippen LogP) is 8.12. The lowest BCUT2D eigenvalue weighted by Gasteiger charge is -2.19. The summed E-state index contributed by atoms with van der Waals surface area (Å²) in [6.07, 6.45) is 0.552. The van der Waals surface area contributed by atoms with Crippen molar-refractivity contribution in [2.24, 2.45) is 0 Å². The molecule has 5 rings (SSSR count). The van der Waals surface area contributed by atoms with Gasteiger partial charge >= 0.3 is 5.97 Å². The zero-order valence-electron chi connectivity index (χ0n) is 23.2. The molecule has 0 radical (unpaired) electrons. The molecule has 1 heterocycles. The summed E-state index contributed by atoms with van der Waals surface area (Å²) in [5.74, 6) is -1.06. The molecule has 1 N–H and O–H groups in total. The lowest BCUT2D eigenvalue weighted by Crippen LogP contribution is -2.12. The third-order valence-corrected chi connectivity index (χ3v) is 7.21. The van der Waals surface area contributed by atoms with Gasteiger partial charge in [-0.05, 0) is 70.5 Å². The molecule has 5 heteroatoms. The number of fused-ring (bicyclic) bond motifs is 3. The first kappa shape index (κ1) is 26.2. The Hall–Kier alpha value is -4.38. The van der Waals surface area contributed by atoms with Gasteiger partial charge < -0.3 is 14.4 Å². The highest BCUT2D eigenvalue weighted by Gasteiger charge is 2.25. The van der Waals surface area contributed by atoms with Gasteiger partial charge in [0.2, 0.25) is 0 Å². The van der Waals surface area contributed by atoms with E-state index >= 15 is 0 Å². The standard InChI is InChI=1S/C34H33NO4/c1-33(2,3)23-13-16-27-25(18-23)26-19-24(34(4,5)6)14-17-28(26)35(27)29-15-12-22(20-36)30(37)31(29)39-32(38)21-10-8-7-9-11-21/h7-20,37H,1-6H3. The third kappa shape index (κ3) is 4.69. The van der Waals surface area contributed by atoms with Crippen LogP contribution in [0.15, 0.2) is 78.9 Å². The van der Waals surface area contributed by atoms with E-state index in [2.05, 4.69) is 77.9 Å². The van der Waals surface area contributed by atoms with E-state index in [4.69, 9.17) is 4.74 Å². The molecule has 198 valence electrons. The minimum Gasteiger partial charge on any atom is -0.504 e. The van der Waals surface area contributed by atoms with Gasteiger partial charge in [-0.15, -0.1) is 0 Å². The van der Waals surface area contributed by atoms with Crippen LogP contribution in [0.3, 0.4) is 0 Å². The highest BCUT2D eigenvalue weighted by Crippen LogP contribution is 2.42. The zero-order valence-corrected chi connectivity index (χ0v) is 23.2. The molecule has 39 heavy (non-hydrogen) atoms. The van der Waals surface area contributed by atoms with Crippen LogP contribution in [0.5, 0.6) is 11.5 Å². The average Bonchev–Trinajstić information content (AvgIpc) is 3.22.